The lowest BCUT2D eigenvalue weighted by molar-refractivity contribution is -0.137. The Hall–Kier alpha value is -1.48. The molecule has 5 unspecified atom stereocenters. The molecule has 4 aliphatic rings. The molecule has 2 amide bonds. The molecule has 5 atom stereocenters. The van der Waals surface area contributed by atoms with Crippen LogP contribution in [0.1, 0.15) is 51.4 Å². The number of amidine groups is 1. The largest absolute Gasteiger partial charge is 0.387 e. The van der Waals surface area contributed by atoms with Gasteiger partial charge in [-0.25, -0.2) is 8.78 Å². The summed E-state index contributed by atoms with van der Waals surface area (Å²) in [4.78, 5) is 28.4. The van der Waals surface area contributed by atoms with Crippen LogP contribution in [0, 0.1) is 29.1 Å². The molecule has 32 heavy (non-hydrogen) atoms. The molecule has 2 saturated carbocycles. The molecule has 2 heterocycles. The summed E-state index contributed by atoms with van der Waals surface area (Å²) in [6.07, 6.45) is 5.04. The Morgan fingerprint density at radius 2 is 1.72 bits per heavy atom. The number of nitrogens with one attached hydrogen (secondary N) is 1. The second-order valence-electron chi connectivity index (χ2n) is 10.3. The van der Waals surface area contributed by atoms with Gasteiger partial charge in [-0.2, -0.15) is 0 Å². The van der Waals surface area contributed by atoms with E-state index in [1.54, 1.807) is 0 Å². The number of hydrogen-bond donors (Lipinski definition) is 3. The molecule has 0 radical (unpaired) electrons. The molecule has 5 N–H and O–H groups in total. The molecule has 10 heteroatoms. The van der Waals surface area contributed by atoms with Gasteiger partial charge in [-0.15, -0.1) is 11.6 Å². The topological polar surface area (TPSA) is 117 Å². The SMILES string of the molecule is N=C(N)C1CCC2C(Cl)C(C(=O)N3CCC(F)(F)C3)N(CC3CCC(C(N)=O)CC3)C2C1. The highest BCUT2D eigenvalue weighted by Crippen LogP contribution is 2.46. The quantitative estimate of drug-likeness (QED) is 0.322. The van der Waals surface area contributed by atoms with Gasteiger partial charge in [-0.1, -0.05) is 0 Å². The van der Waals surface area contributed by atoms with Crippen LogP contribution in [0.2, 0.25) is 0 Å². The Balaban J connectivity index is 1.54. The van der Waals surface area contributed by atoms with Gasteiger partial charge in [0.2, 0.25) is 11.8 Å². The van der Waals surface area contributed by atoms with Crippen molar-refractivity contribution in [1.29, 1.82) is 5.41 Å². The van der Waals surface area contributed by atoms with E-state index in [0.29, 0.717) is 18.9 Å². The number of fused-ring (bicyclic) bond motifs is 1. The van der Waals surface area contributed by atoms with Crippen molar-refractivity contribution < 1.29 is 18.4 Å². The van der Waals surface area contributed by atoms with Gasteiger partial charge in [0.1, 0.15) is 6.04 Å². The molecular weight excluding hydrogens is 440 g/mol. The number of likely N-dealkylation sites (tertiary alicyclic amines) is 2. The Morgan fingerprint density at radius 1 is 1.06 bits per heavy atom. The van der Waals surface area contributed by atoms with E-state index >= 15 is 0 Å². The third kappa shape index (κ3) is 4.60. The highest BCUT2D eigenvalue weighted by atomic mass is 35.5. The molecule has 0 aromatic rings. The van der Waals surface area contributed by atoms with Crippen molar-refractivity contribution in [2.24, 2.45) is 35.1 Å². The molecule has 4 rings (SSSR count). The van der Waals surface area contributed by atoms with Crippen molar-refractivity contribution in [3.05, 3.63) is 0 Å². The zero-order chi connectivity index (χ0) is 23.2. The minimum Gasteiger partial charge on any atom is -0.387 e. The molecule has 0 aromatic carbocycles. The fourth-order valence-electron chi connectivity index (χ4n) is 6.39. The second-order valence-corrected chi connectivity index (χ2v) is 10.8. The highest BCUT2D eigenvalue weighted by molar-refractivity contribution is 6.23. The second kappa shape index (κ2) is 9.05. The zero-order valence-electron chi connectivity index (χ0n) is 18.3. The van der Waals surface area contributed by atoms with Crippen LogP contribution in [0.25, 0.3) is 0 Å². The molecule has 2 saturated heterocycles. The number of hydrogen-bond acceptors (Lipinski definition) is 4. The van der Waals surface area contributed by atoms with Gasteiger partial charge in [-0.3, -0.25) is 19.9 Å². The molecular formula is C22H34ClF2N5O2. The summed E-state index contributed by atoms with van der Waals surface area (Å²) in [5.74, 6) is -3.03. The number of nitrogens with zero attached hydrogens (tertiary/aromatic N) is 2. The Morgan fingerprint density at radius 3 is 2.28 bits per heavy atom. The van der Waals surface area contributed by atoms with Gasteiger partial charge in [0.15, 0.2) is 0 Å². The Bertz CT molecular complexity index is 761. The normalized spacial score (nSPS) is 39.6. The summed E-state index contributed by atoms with van der Waals surface area (Å²) >= 11 is 6.88. The van der Waals surface area contributed by atoms with E-state index in [1.165, 1.54) is 4.90 Å². The summed E-state index contributed by atoms with van der Waals surface area (Å²) in [6.45, 7) is 0.144. The molecule has 2 aliphatic heterocycles. The highest BCUT2D eigenvalue weighted by Gasteiger charge is 2.55. The molecule has 0 bridgehead atoms. The third-order valence-electron chi connectivity index (χ3n) is 8.25. The predicted molar refractivity (Wildman–Crippen MR) is 117 cm³/mol. The lowest BCUT2D eigenvalue weighted by atomic mass is 9.77. The van der Waals surface area contributed by atoms with Gasteiger partial charge in [0, 0.05) is 37.4 Å². The third-order valence-corrected chi connectivity index (χ3v) is 8.82. The zero-order valence-corrected chi connectivity index (χ0v) is 19.1. The van der Waals surface area contributed by atoms with Crippen molar-refractivity contribution in [2.45, 2.75) is 74.7 Å². The minimum absolute atomic E-state index is 0.00563. The smallest absolute Gasteiger partial charge is 0.267 e. The van der Waals surface area contributed by atoms with Crippen LogP contribution in [0.4, 0.5) is 8.78 Å². The molecule has 4 fully saturated rings. The number of carbonyl (C=O) groups excluding carboxylic acids is 2. The van der Waals surface area contributed by atoms with Gasteiger partial charge in [0.25, 0.3) is 5.92 Å². The first-order chi connectivity index (χ1) is 15.1. The maximum atomic E-state index is 13.8. The lowest BCUT2D eigenvalue weighted by Crippen LogP contribution is -2.52. The van der Waals surface area contributed by atoms with Crippen LogP contribution in [-0.2, 0) is 9.59 Å². The van der Waals surface area contributed by atoms with E-state index in [4.69, 9.17) is 28.5 Å². The average molecular weight is 474 g/mol. The van der Waals surface area contributed by atoms with Gasteiger partial charge in [0.05, 0.1) is 17.8 Å². The first kappa shape index (κ1) is 23.7. The fraction of sp³-hybridized carbons (Fsp3) is 0.864. The van der Waals surface area contributed by atoms with Crippen molar-refractivity contribution in [2.75, 3.05) is 19.6 Å². The summed E-state index contributed by atoms with van der Waals surface area (Å²) in [7, 11) is 0. The van der Waals surface area contributed by atoms with E-state index in [-0.39, 0.29) is 54.4 Å². The maximum Gasteiger partial charge on any atom is 0.267 e. The van der Waals surface area contributed by atoms with Crippen molar-refractivity contribution in [1.82, 2.24) is 9.80 Å². The van der Waals surface area contributed by atoms with Crippen LogP contribution in [0.3, 0.4) is 0 Å². The number of nitrogens with two attached hydrogens (primary N) is 2. The van der Waals surface area contributed by atoms with Crippen LogP contribution in [0.5, 0.6) is 0 Å². The van der Waals surface area contributed by atoms with E-state index in [1.807, 2.05) is 0 Å². The van der Waals surface area contributed by atoms with E-state index < -0.39 is 23.9 Å². The van der Waals surface area contributed by atoms with Crippen LogP contribution < -0.4 is 11.5 Å². The molecule has 0 spiro atoms. The average Bonchev–Trinajstić information content (AvgIpc) is 3.24. The number of amides is 2. The van der Waals surface area contributed by atoms with Crippen molar-refractivity contribution in [3.63, 3.8) is 0 Å². The summed E-state index contributed by atoms with van der Waals surface area (Å²) in [5, 5.41) is 7.46. The number of rotatable bonds is 5. The first-order valence-corrected chi connectivity index (χ1v) is 12.2. The first-order valence-electron chi connectivity index (χ1n) is 11.8. The number of halogens is 3. The Labute approximate surface area is 192 Å². The number of carbonyl (C=O) groups is 2. The fourth-order valence-corrected chi connectivity index (χ4v) is 6.94. The molecule has 7 nitrogen and oxygen atoms in total. The van der Waals surface area contributed by atoms with Gasteiger partial charge >= 0.3 is 0 Å². The lowest BCUT2D eigenvalue weighted by Gasteiger charge is -2.39. The van der Waals surface area contributed by atoms with Gasteiger partial charge < -0.3 is 16.4 Å². The van der Waals surface area contributed by atoms with Crippen molar-refractivity contribution >= 4 is 29.3 Å². The maximum absolute atomic E-state index is 13.8. The minimum atomic E-state index is -2.85. The molecule has 180 valence electrons. The van der Waals surface area contributed by atoms with E-state index in [0.717, 1.165) is 38.5 Å². The summed E-state index contributed by atoms with van der Waals surface area (Å²) < 4.78 is 27.7. The number of primary amides is 1. The summed E-state index contributed by atoms with van der Waals surface area (Å²) in [6, 6.07) is -0.633. The number of alkyl halides is 3. The summed E-state index contributed by atoms with van der Waals surface area (Å²) in [5.41, 5.74) is 11.3. The Kier molecular flexibility index (Phi) is 6.69. The van der Waals surface area contributed by atoms with Crippen molar-refractivity contribution in [3.8, 4) is 0 Å². The van der Waals surface area contributed by atoms with Gasteiger partial charge in [-0.05, 0) is 56.8 Å². The van der Waals surface area contributed by atoms with E-state index in [2.05, 4.69) is 4.90 Å². The van der Waals surface area contributed by atoms with Crippen LogP contribution in [-0.4, -0.2) is 70.5 Å². The van der Waals surface area contributed by atoms with E-state index in [9.17, 15) is 18.4 Å². The van der Waals surface area contributed by atoms with Crippen LogP contribution in [0.15, 0.2) is 0 Å². The molecule has 2 aliphatic carbocycles. The predicted octanol–water partition coefficient (Wildman–Crippen LogP) is 2.16. The molecule has 0 aromatic heterocycles. The monoisotopic (exact) mass is 473 g/mol. The standard InChI is InChI=1S/C22H34ClF2N5O2/c23-17-15-6-5-14(19(26)27)9-16(15)30(10-12-1-3-13(4-2-12)20(28)31)18(17)21(32)29-8-7-22(24,25)11-29/h12-18H,1-11H2,(H3,26,27)(H2,28,31). The van der Waals surface area contributed by atoms with Crippen LogP contribution >= 0.6 is 11.6 Å².